The summed E-state index contributed by atoms with van der Waals surface area (Å²) in [5, 5.41) is 11.6. The van der Waals surface area contributed by atoms with Crippen molar-refractivity contribution in [3.8, 4) is 6.07 Å². The van der Waals surface area contributed by atoms with E-state index in [1.165, 1.54) is 10.4 Å². The van der Waals surface area contributed by atoms with Gasteiger partial charge < -0.3 is 0 Å². The summed E-state index contributed by atoms with van der Waals surface area (Å²) in [6.45, 7) is 1.87. The fourth-order valence-electron chi connectivity index (χ4n) is 2.49. The Morgan fingerprint density at radius 3 is 2.83 bits per heavy atom. The van der Waals surface area contributed by atoms with Crippen molar-refractivity contribution < 1.29 is 0 Å². The molecule has 0 unspecified atom stereocenters. The molecular weight excluding hydrogens is 240 g/mol. The lowest BCUT2D eigenvalue weighted by Gasteiger charge is -2.30. The largest absolute Gasteiger partial charge is 0.280 e. The monoisotopic (exact) mass is 254 g/mol. The van der Waals surface area contributed by atoms with Crippen molar-refractivity contribution in [1.29, 1.82) is 5.26 Å². The zero-order valence-corrected chi connectivity index (χ0v) is 10.9. The van der Waals surface area contributed by atoms with Crippen LogP contribution in [0.5, 0.6) is 0 Å². The van der Waals surface area contributed by atoms with Crippen LogP contribution in [0.2, 0.25) is 0 Å². The van der Waals surface area contributed by atoms with E-state index in [1.807, 2.05) is 41.7 Å². The van der Waals surface area contributed by atoms with Crippen LogP contribution in [0.15, 0.2) is 41.8 Å². The van der Waals surface area contributed by atoms with Gasteiger partial charge in [0, 0.05) is 18.0 Å². The van der Waals surface area contributed by atoms with E-state index in [1.54, 1.807) is 0 Å². The maximum absolute atomic E-state index is 9.44. The number of rotatable bonds is 2. The van der Waals surface area contributed by atoms with Crippen molar-refractivity contribution in [2.45, 2.75) is 19.0 Å². The zero-order chi connectivity index (χ0) is 12.4. The molecule has 0 bridgehead atoms. The lowest BCUT2D eigenvalue weighted by molar-refractivity contribution is 0.218. The Hall–Kier alpha value is -1.63. The van der Waals surface area contributed by atoms with Gasteiger partial charge in [-0.05, 0) is 29.0 Å². The van der Waals surface area contributed by atoms with Gasteiger partial charge in [0.1, 0.15) is 6.04 Å². The van der Waals surface area contributed by atoms with Gasteiger partial charge in [-0.3, -0.25) is 4.90 Å². The van der Waals surface area contributed by atoms with Crippen LogP contribution in [0.25, 0.3) is 0 Å². The summed E-state index contributed by atoms with van der Waals surface area (Å²) in [5.41, 5.74) is 2.49. The third kappa shape index (κ3) is 2.05. The van der Waals surface area contributed by atoms with E-state index in [0.717, 1.165) is 25.1 Å². The van der Waals surface area contributed by atoms with Crippen LogP contribution in [-0.2, 0) is 13.0 Å². The van der Waals surface area contributed by atoms with Gasteiger partial charge in [0.25, 0.3) is 0 Å². The predicted octanol–water partition coefficient (Wildman–Crippen LogP) is 3.37. The molecule has 0 saturated carbocycles. The quantitative estimate of drug-likeness (QED) is 0.821. The number of hydrogen-bond donors (Lipinski definition) is 0. The normalized spacial score (nSPS) is 16.8. The smallest absolute Gasteiger partial charge is 0.124 e. The molecule has 2 aromatic rings. The molecule has 90 valence electrons. The van der Waals surface area contributed by atoms with Crippen LogP contribution in [0, 0.1) is 11.3 Å². The lowest BCUT2D eigenvalue weighted by Crippen LogP contribution is -2.32. The van der Waals surface area contributed by atoms with E-state index < -0.39 is 0 Å². The van der Waals surface area contributed by atoms with Crippen LogP contribution in [0.4, 0.5) is 0 Å². The Kier molecular flexibility index (Phi) is 3.14. The summed E-state index contributed by atoms with van der Waals surface area (Å²) in [6, 6.07) is 14.6. The molecule has 0 radical (unpaired) electrons. The summed E-state index contributed by atoms with van der Waals surface area (Å²) in [7, 11) is 0. The van der Waals surface area contributed by atoms with Crippen molar-refractivity contribution in [2.75, 3.05) is 6.54 Å². The molecule has 1 aromatic carbocycles. The van der Waals surface area contributed by atoms with Gasteiger partial charge in [0.15, 0.2) is 0 Å². The Labute approximate surface area is 111 Å². The average molecular weight is 254 g/mol. The topological polar surface area (TPSA) is 27.0 Å². The predicted molar refractivity (Wildman–Crippen MR) is 73.2 cm³/mol. The second-order valence-corrected chi connectivity index (χ2v) is 5.53. The molecule has 0 saturated heterocycles. The van der Waals surface area contributed by atoms with Gasteiger partial charge >= 0.3 is 0 Å². The Balaban J connectivity index is 1.85. The molecule has 1 aliphatic heterocycles. The molecule has 2 nitrogen and oxygen atoms in total. The minimum atomic E-state index is -0.126. The summed E-state index contributed by atoms with van der Waals surface area (Å²) >= 11 is 1.83. The first-order chi connectivity index (χ1) is 8.88. The fourth-order valence-corrected chi connectivity index (χ4v) is 3.38. The molecule has 1 aliphatic rings. The zero-order valence-electron chi connectivity index (χ0n) is 10.0. The highest BCUT2D eigenvalue weighted by molar-refractivity contribution is 7.10. The number of fused-ring (bicyclic) bond motifs is 1. The fraction of sp³-hybridized carbons (Fsp3) is 0.267. The molecule has 1 aromatic heterocycles. The molecule has 0 fully saturated rings. The van der Waals surface area contributed by atoms with Crippen LogP contribution in [0.1, 0.15) is 22.0 Å². The lowest BCUT2D eigenvalue weighted by atomic mass is 10.0. The number of nitriles is 1. The first-order valence-corrected chi connectivity index (χ1v) is 7.00. The van der Waals surface area contributed by atoms with E-state index in [0.29, 0.717) is 0 Å². The van der Waals surface area contributed by atoms with Gasteiger partial charge in [-0.25, -0.2) is 0 Å². The van der Waals surface area contributed by atoms with Gasteiger partial charge in [-0.15, -0.1) is 11.3 Å². The molecule has 18 heavy (non-hydrogen) atoms. The molecule has 0 spiro atoms. The van der Waals surface area contributed by atoms with Gasteiger partial charge in [0.05, 0.1) is 6.07 Å². The molecular formula is C15H14N2S. The highest BCUT2D eigenvalue weighted by Crippen LogP contribution is 2.29. The van der Waals surface area contributed by atoms with Crippen molar-refractivity contribution in [3.63, 3.8) is 0 Å². The first-order valence-electron chi connectivity index (χ1n) is 6.12. The summed E-state index contributed by atoms with van der Waals surface area (Å²) in [5.74, 6) is 0. The second kappa shape index (κ2) is 4.93. The van der Waals surface area contributed by atoms with E-state index in [-0.39, 0.29) is 6.04 Å². The Bertz CT molecular complexity index is 568. The molecule has 0 amide bonds. The summed E-state index contributed by atoms with van der Waals surface area (Å²) in [4.78, 5) is 3.75. The highest BCUT2D eigenvalue weighted by atomic mass is 32.1. The van der Waals surface area contributed by atoms with E-state index in [2.05, 4.69) is 22.4 Å². The van der Waals surface area contributed by atoms with Crippen LogP contribution >= 0.6 is 11.3 Å². The van der Waals surface area contributed by atoms with Gasteiger partial charge in [-0.2, -0.15) is 5.26 Å². The second-order valence-electron chi connectivity index (χ2n) is 4.53. The number of nitrogens with zero attached hydrogens (tertiary/aromatic N) is 2. The average Bonchev–Trinajstić information content (AvgIpc) is 2.88. The third-order valence-corrected chi connectivity index (χ3v) is 4.46. The van der Waals surface area contributed by atoms with Gasteiger partial charge in [0.2, 0.25) is 0 Å². The van der Waals surface area contributed by atoms with E-state index in [4.69, 9.17) is 0 Å². The minimum absolute atomic E-state index is 0.126. The molecule has 0 N–H and O–H groups in total. The number of thiophene rings is 1. The van der Waals surface area contributed by atoms with Crippen molar-refractivity contribution in [1.82, 2.24) is 4.90 Å². The van der Waals surface area contributed by atoms with E-state index in [9.17, 15) is 5.26 Å². The van der Waals surface area contributed by atoms with Crippen LogP contribution in [-0.4, -0.2) is 11.4 Å². The third-order valence-electron chi connectivity index (χ3n) is 3.44. The minimum Gasteiger partial charge on any atom is -0.280 e. The van der Waals surface area contributed by atoms with Gasteiger partial charge in [-0.1, -0.05) is 30.3 Å². The molecule has 0 aliphatic carbocycles. The van der Waals surface area contributed by atoms with Crippen molar-refractivity contribution in [3.05, 3.63) is 57.8 Å². The molecule has 3 heteroatoms. The Morgan fingerprint density at radius 2 is 2.06 bits per heavy atom. The molecule has 3 rings (SSSR count). The van der Waals surface area contributed by atoms with Crippen molar-refractivity contribution >= 4 is 11.3 Å². The van der Waals surface area contributed by atoms with E-state index >= 15 is 0 Å². The number of benzene rings is 1. The maximum Gasteiger partial charge on any atom is 0.124 e. The maximum atomic E-state index is 9.44. The highest BCUT2D eigenvalue weighted by Gasteiger charge is 2.24. The summed E-state index contributed by atoms with van der Waals surface area (Å²) < 4.78 is 0. The van der Waals surface area contributed by atoms with Crippen LogP contribution < -0.4 is 0 Å². The summed E-state index contributed by atoms with van der Waals surface area (Å²) in [6.07, 6.45) is 1.07. The number of hydrogen-bond acceptors (Lipinski definition) is 3. The Morgan fingerprint density at radius 1 is 1.22 bits per heavy atom. The standard InChI is InChI=1S/C15H14N2S/c16-10-14(12-4-2-1-3-5-12)17-8-6-15-13(11-17)7-9-18-15/h1-5,7,9,14H,6,8,11H2/t14-/m1/s1. The van der Waals surface area contributed by atoms with Crippen LogP contribution in [0.3, 0.4) is 0 Å². The first kappa shape index (κ1) is 11.5. The molecule has 2 heterocycles. The van der Waals surface area contributed by atoms with Crippen molar-refractivity contribution in [2.24, 2.45) is 0 Å². The SMILES string of the molecule is N#C[C@H](c1ccccc1)N1CCc2sccc2C1. The molecule has 1 atom stereocenters.